The lowest BCUT2D eigenvalue weighted by Gasteiger charge is -2.26. The molecule has 5 N–H and O–H groups in total. The molecule has 23 nitrogen and oxygen atoms in total. The van der Waals surface area contributed by atoms with Gasteiger partial charge in [-0.1, -0.05) is 27.7 Å². The van der Waals surface area contributed by atoms with Gasteiger partial charge in [0.05, 0.1) is 37.0 Å². The highest BCUT2D eigenvalue weighted by Crippen LogP contribution is 2.70. The molecule has 10 unspecified atom stereocenters. The van der Waals surface area contributed by atoms with E-state index in [1.54, 1.807) is 27.7 Å². The SMILES string of the molecule is CC(C)C(=O)Nn1cnc2c(=O)[nH]c(C3OC4CO[P+](S)(OCCC#N)OC5C(CO[P+](O)(S)OC4C3F)OC(c3nc4c(ncn4NC(=O)C(C)C)c(=O)[nH]3)C5F)nc21. The number of hydrogen-bond acceptors (Lipinski definition) is 19. The number of thiol groups is 2. The standard InChI is InChI=1S/C31H37F2N11O12P2S2/c1-12(2)28(45)41-43-10-35-18-26(43)37-24(39-30(18)47)22-16(32)20-15(54-22)9-52-58(60,50-7-5-6-34)56-21-14(8-51-57(49,59)55-20)53-23(17(21)33)25-38-27-19(31(48)40-25)36-11-44(27)42-29(46)13(3)4/h10-17,20-23,49,59-60H,5,7-9H2,1-4H3,(H2-2,37,38,39,40,41,42,45,46,47,48)/p+2. The highest BCUT2D eigenvalue weighted by molar-refractivity contribution is 8.47. The minimum Gasteiger partial charge on any atom is -0.358 e. The first-order chi connectivity index (χ1) is 28.4. The number of ether oxygens (including phenoxy) is 2. The number of carbonyl (C=O) groups excluding carboxylic acids is 2. The van der Waals surface area contributed by atoms with Gasteiger partial charge in [-0.2, -0.15) is 32.8 Å². The van der Waals surface area contributed by atoms with Gasteiger partial charge in [0.1, 0.15) is 68.5 Å². The molecule has 0 radical (unpaired) electrons. The van der Waals surface area contributed by atoms with Crippen LogP contribution in [0.5, 0.6) is 0 Å². The molecule has 60 heavy (non-hydrogen) atoms. The van der Waals surface area contributed by atoms with E-state index in [1.807, 2.05) is 6.07 Å². The highest BCUT2D eigenvalue weighted by atomic mass is 32.7. The molecule has 0 aromatic carbocycles. The summed E-state index contributed by atoms with van der Waals surface area (Å²) in [4.78, 5) is 83.7. The Morgan fingerprint density at radius 2 is 1.37 bits per heavy atom. The van der Waals surface area contributed by atoms with Crippen molar-refractivity contribution in [3.05, 3.63) is 45.0 Å². The second kappa shape index (κ2) is 17.5. The average molecular weight is 922 g/mol. The van der Waals surface area contributed by atoms with E-state index in [1.165, 1.54) is 0 Å². The minimum absolute atomic E-state index is 0.127. The van der Waals surface area contributed by atoms with Gasteiger partial charge in [0.2, 0.25) is 11.8 Å². The summed E-state index contributed by atoms with van der Waals surface area (Å²) in [5, 5.41) is 9.21. The molecule has 3 aliphatic rings. The van der Waals surface area contributed by atoms with Gasteiger partial charge in [-0.25, -0.2) is 38.1 Å². The Bertz CT molecular complexity index is 2440. The molecule has 3 aliphatic heterocycles. The van der Waals surface area contributed by atoms with E-state index in [9.17, 15) is 29.3 Å². The Kier molecular flexibility index (Phi) is 12.9. The van der Waals surface area contributed by atoms with Crippen molar-refractivity contribution < 1.29 is 55.4 Å². The maximum absolute atomic E-state index is 16.7. The number of nitrogens with one attached hydrogen (secondary N) is 4. The summed E-state index contributed by atoms with van der Waals surface area (Å²) >= 11 is 8.66. The monoisotopic (exact) mass is 921 g/mol. The van der Waals surface area contributed by atoms with E-state index in [0.717, 1.165) is 22.0 Å². The fourth-order valence-electron chi connectivity index (χ4n) is 6.15. The van der Waals surface area contributed by atoms with Gasteiger partial charge >= 0.3 is 14.3 Å². The smallest absolute Gasteiger partial charge is 0.358 e. The van der Waals surface area contributed by atoms with E-state index in [2.05, 4.69) is 65.3 Å². The molecule has 7 heterocycles. The van der Waals surface area contributed by atoms with Crippen molar-refractivity contribution in [3.8, 4) is 6.07 Å². The molecule has 4 aromatic heterocycles. The van der Waals surface area contributed by atoms with Crippen LogP contribution in [0.25, 0.3) is 22.3 Å². The third-order valence-electron chi connectivity index (χ3n) is 9.27. The first-order valence-electron chi connectivity index (χ1n) is 18.2. The van der Waals surface area contributed by atoms with Gasteiger partial charge in [-0.3, -0.25) is 30.0 Å². The maximum atomic E-state index is 16.7. The predicted octanol–water partition coefficient (Wildman–Crippen LogP) is 2.22. The van der Waals surface area contributed by atoms with Crippen molar-refractivity contribution in [2.75, 3.05) is 30.7 Å². The van der Waals surface area contributed by atoms with Gasteiger partial charge in [0, 0.05) is 11.8 Å². The van der Waals surface area contributed by atoms with Crippen LogP contribution < -0.4 is 22.0 Å². The fraction of sp³-hybridized carbons (Fsp3) is 0.581. The van der Waals surface area contributed by atoms with Crippen LogP contribution in [0, 0.1) is 23.2 Å². The van der Waals surface area contributed by atoms with Crippen LogP contribution in [0.1, 0.15) is 58.0 Å². The molecule has 7 rings (SSSR count). The van der Waals surface area contributed by atoms with E-state index in [-0.39, 0.29) is 47.0 Å². The number of halogens is 2. The van der Waals surface area contributed by atoms with Gasteiger partial charge in [0.25, 0.3) is 11.1 Å². The number of nitrogens with zero attached hydrogens (tertiary/aromatic N) is 7. The van der Waals surface area contributed by atoms with Crippen LogP contribution in [0.4, 0.5) is 8.78 Å². The molecular formula is C31H39F2N11O12P2S2+2. The Balaban J connectivity index is 1.18. The second-order valence-corrected chi connectivity index (χ2v) is 20.3. The lowest BCUT2D eigenvalue weighted by Crippen LogP contribution is -2.38. The molecule has 3 fully saturated rings. The topological polar surface area (TPSA) is 294 Å². The summed E-state index contributed by atoms with van der Waals surface area (Å²) in [5.74, 6) is -2.44. The second-order valence-electron chi connectivity index (χ2n) is 14.2. The molecule has 0 aliphatic carbocycles. The van der Waals surface area contributed by atoms with Crippen LogP contribution >= 0.6 is 38.8 Å². The van der Waals surface area contributed by atoms with Crippen molar-refractivity contribution in [1.82, 2.24) is 39.3 Å². The molecule has 0 saturated carbocycles. The molecule has 10 atom stereocenters. The summed E-state index contributed by atoms with van der Waals surface area (Å²) < 4.78 is 76.6. The van der Waals surface area contributed by atoms with Crippen molar-refractivity contribution in [2.24, 2.45) is 11.8 Å². The number of fused-ring (bicyclic) bond motifs is 4. The van der Waals surface area contributed by atoms with Crippen molar-refractivity contribution in [2.45, 2.75) is 83.1 Å². The lowest BCUT2D eigenvalue weighted by atomic mass is 10.1. The molecule has 3 saturated heterocycles. The quantitative estimate of drug-likeness (QED) is 0.0719. The number of amides is 2. The largest absolute Gasteiger partial charge is 0.478 e. The molecule has 29 heteroatoms. The Hall–Kier alpha value is -3.77. The zero-order chi connectivity index (χ0) is 43.3. The molecule has 4 aromatic rings. The summed E-state index contributed by atoms with van der Waals surface area (Å²) in [6.07, 6.45) is -12.0. The van der Waals surface area contributed by atoms with Gasteiger partial charge < -0.3 is 19.4 Å². The number of imidazole rings is 2. The number of aromatic nitrogens is 8. The molecular weight excluding hydrogens is 882 g/mol. The number of carbonyl (C=O) groups is 2. The lowest BCUT2D eigenvalue weighted by molar-refractivity contribution is -0.120. The Morgan fingerprint density at radius 1 is 0.900 bits per heavy atom. The summed E-state index contributed by atoms with van der Waals surface area (Å²) in [7, 11) is -8.39. The van der Waals surface area contributed by atoms with Crippen molar-refractivity contribution >= 4 is 72.9 Å². The first kappa shape index (κ1) is 44.3. The number of alkyl halides is 2. The summed E-state index contributed by atoms with van der Waals surface area (Å²) in [6.45, 7) is 4.88. The highest BCUT2D eigenvalue weighted by Gasteiger charge is 2.61. The van der Waals surface area contributed by atoms with E-state index < -0.39 is 111 Å². The average Bonchev–Trinajstić information content (AvgIpc) is 3.94. The van der Waals surface area contributed by atoms with Crippen LogP contribution in [-0.4, -0.2) is 113 Å². The number of aromatic amines is 2. The Morgan fingerprint density at radius 3 is 1.83 bits per heavy atom. The zero-order valence-corrected chi connectivity index (χ0v) is 35.4. The number of hydrogen-bond donors (Lipinski definition) is 7. The van der Waals surface area contributed by atoms with Gasteiger partial charge in [-0.05, 0) is 0 Å². The number of nitriles is 1. The molecule has 324 valence electrons. The summed E-state index contributed by atoms with van der Waals surface area (Å²) in [5.41, 5.74) is 2.91. The van der Waals surface area contributed by atoms with E-state index in [0.29, 0.717) is 0 Å². The third kappa shape index (κ3) is 9.06. The molecule has 0 bridgehead atoms. The maximum Gasteiger partial charge on any atom is 0.478 e. The van der Waals surface area contributed by atoms with Gasteiger partial charge in [0.15, 0.2) is 46.9 Å². The van der Waals surface area contributed by atoms with Crippen molar-refractivity contribution in [1.29, 1.82) is 5.26 Å². The fourth-order valence-corrected chi connectivity index (χ4v) is 9.84. The van der Waals surface area contributed by atoms with Crippen LogP contribution in [0.15, 0.2) is 22.2 Å². The van der Waals surface area contributed by atoms with Gasteiger partial charge in [-0.15, -0.1) is 0 Å². The number of rotatable bonds is 9. The minimum atomic E-state index is -4.36. The van der Waals surface area contributed by atoms with Crippen molar-refractivity contribution in [3.63, 3.8) is 0 Å². The molecule has 0 spiro atoms. The van der Waals surface area contributed by atoms with E-state index >= 15 is 8.78 Å². The number of H-pyrrole nitrogens is 2. The third-order valence-corrected chi connectivity index (χ3v) is 13.4. The summed E-state index contributed by atoms with van der Waals surface area (Å²) in [6, 6.07) is 1.89. The van der Waals surface area contributed by atoms with E-state index in [4.69, 9.17) is 32.1 Å². The van der Waals surface area contributed by atoms with Crippen LogP contribution in [0.3, 0.4) is 0 Å². The molecule has 2 amide bonds. The Labute approximate surface area is 348 Å². The normalized spacial score (nSPS) is 31.1. The van der Waals surface area contributed by atoms with Crippen LogP contribution in [0.2, 0.25) is 0 Å². The zero-order valence-electron chi connectivity index (χ0n) is 31.9. The predicted molar refractivity (Wildman–Crippen MR) is 212 cm³/mol. The first-order valence-corrected chi connectivity index (χ1v) is 23.6. The van der Waals surface area contributed by atoms with Crippen LogP contribution in [-0.2, 0) is 41.7 Å².